The molecule has 0 saturated carbocycles. The molecule has 5 rings (SSSR count). The average Bonchev–Trinajstić information content (AvgIpc) is 3.54. The van der Waals surface area contributed by atoms with Crippen LogP contribution in [0, 0.1) is 0 Å². The van der Waals surface area contributed by atoms with Crippen molar-refractivity contribution in [2.45, 2.75) is 11.4 Å². The van der Waals surface area contributed by atoms with E-state index in [9.17, 15) is 34.2 Å². The zero-order chi connectivity index (χ0) is 28.7. The Labute approximate surface area is 236 Å². The van der Waals surface area contributed by atoms with Gasteiger partial charge in [0.05, 0.1) is 6.20 Å². The van der Waals surface area contributed by atoms with Crippen LogP contribution in [0.1, 0.15) is 5.69 Å². The molecular weight excluding hydrogens is 590 g/mol. The van der Waals surface area contributed by atoms with E-state index in [-0.39, 0.29) is 39.6 Å². The molecule has 17 nitrogen and oxygen atoms in total. The molecule has 1 aromatic heterocycles. The molecule has 1 aromatic rings. The predicted octanol–water partition coefficient (Wildman–Crippen LogP) is -0.967. The molecule has 0 aliphatic carbocycles. The van der Waals surface area contributed by atoms with Crippen LogP contribution in [0.25, 0.3) is 0 Å². The lowest BCUT2D eigenvalue weighted by Gasteiger charge is -2.49. The van der Waals surface area contributed by atoms with E-state index >= 15 is 0 Å². The van der Waals surface area contributed by atoms with Gasteiger partial charge in [0.25, 0.3) is 17.7 Å². The van der Waals surface area contributed by atoms with E-state index in [4.69, 9.17) is 10.6 Å². The molecule has 7 N–H and O–H groups in total. The lowest BCUT2D eigenvalue weighted by molar-refractivity contribution is -0.150. The van der Waals surface area contributed by atoms with Gasteiger partial charge in [-0.05, 0) is 5.57 Å². The number of carbonyl (C=O) groups excluding carboxylic acids is 3. The van der Waals surface area contributed by atoms with Gasteiger partial charge >= 0.3 is 12.1 Å². The van der Waals surface area contributed by atoms with Crippen LogP contribution < -0.4 is 21.9 Å². The summed E-state index contributed by atoms with van der Waals surface area (Å²) in [4.78, 5) is 71.4. The molecule has 1 saturated heterocycles. The van der Waals surface area contributed by atoms with Gasteiger partial charge in [-0.15, -0.1) is 40.4 Å². The first-order valence-electron chi connectivity index (χ1n) is 11.1. The summed E-state index contributed by atoms with van der Waals surface area (Å²) in [6.07, 6.45) is 1.10. The summed E-state index contributed by atoms with van der Waals surface area (Å²) < 4.78 is 0. The van der Waals surface area contributed by atoms with Crippen LogP contribution in [0.15, 0.2) is 44.9 Å². The second-order valence-corrected chi connectivity index (χ2v) is 11.2. The molecule has 0 spiro atoms. The number of carboxylic acids is 1. The fourth-order valence-electron chi connectivity index (χ4n) is 4.03. The molecule has 4 aliphatic heterocycles. The molecule has 1 fully saturated rings. The highest BCUT2D eigenvalue weighted by Crippen LogP contribution is 2.42. The fraction of sp³-hybridized carbons (Fsp3) is 0.250. The predicted molar refractivity (Wildman–Crippen MR) is 141 cm³/mol. The number of β-lactam (4-membered cyclic amide) rings is 1. The van der Waals surface area contributed by atoms with Crippen LogP contribution in [-0.4, -0.2) is 95.6 Å². The second kappa shape index (κ2) is 10.7. The Bertz CT molecular complexity index is 1450. The quantitative estimate of drug-likeness (QED) is 0.118. The van der Waals surface area contributed by atoms with E-state index in [2.05, 4.69) is 26.3 Å². The van der Waals surface area contributed by atoms with Gasteiger partial charge < -0.3 is 31.4 Å². The molecule has 0 radical (unpaired) electrons. The molecule has 2 atom stereocenters. The van der Waals surface area contributed by atoms with Crippen molar-refractivity contribution in [1.29, 1.82) is 0 Å². The zero-order valence-electron chi connectivity index (χ0n) is 20.2. The smallest absolute Gasteiger partial charge is 0.427 e. The van der Waals surface area contributed by atoms with Gasteiger partial charge in [0.15, 0.2) is 10.8 Å². The molecule has 40 heavy (non-hydrogen) atoms. The molecule has 5 heterocycles. The lowest BCUT2D eigenvalue weighted by atomic mass is 10.0. The molecule has 0 bridgehead atoms. The largest absolute Gasteiger partial charge is 0.477 e. The number of carboxylic acid groups (broad SMARTS) is 2. The third kappa shape index (κ3) is 4.92. The summed E-state index contributed by atoms with van der Waals surface area (Å²) in [6.45, 7) is 0. The number of hydrogen-bond acceptors (Lipinski definition) is 14. The number of nitrogens with one attached hydrogen (secondary N) is 3. The van der Waals surface area contributed by atoms with E-state index in [1.54, 1.807) is 0 Å². The number of thioether (sulfide) groups is 2. The zero-order valence-corrected chi connectivity index (χ0v) is 22.6. The van der Waals surface area contributed by atoms with Gasteiger partial charge in [-0.25, -0.2) is 19.6 Å². The van der Waals surface area contributed by atoms with Crippen molar-refractivity contribution in [1.82, 2.24) is 36.1 Å². The van der Waals surface area contributed by atoms with Gasteiger partial charge in [-0.3, -0.25) is 19.3 Å². The number of nitrogens with zero attached hydrogens (tertiary/aromatic N) is 5. The van der Waals surface area contributed by atoms with Gasteiger partial charge in [-0.1, -0.05) is 5.16 Å². The lowest BCUT2D eigenvalue weighted by Crippen LogP contribution is -2.71. The number of aliphatic carboxylic acids is 1. The van der Waals surface area contributed by atoms with Gasteiger partial charge in [0, 0.05) is 23.0 Å². The van der Waals surface area contributed by atoms with Crippen molar-refractivity contribution < 1.29 is 39.0 Å². The second-order valence-electron chi connectivity index (χ2n) is 8.17. The number of nitrogen functional groups attached to an aromatic ring is 1. The summed E-state index contributed by atoms with van der Waals surface area (Å²) in [6, 6.07) is -1.02. The highest BCUT2D eigenvalue weighted by Gasteiger charge is 2.54. The first-order valence-corrected chi connectivity index (χ1v) is 14.0. The number of rotatable bonds is 8. The number of hydrogen-bond donors (Lipinski definition) is 6. The molecule has 4 aliphatic rings. The molecule has 4 amide bonds. The number of nitrogens with two attached hydrogens (primary N) is 1. The maximum atomic E-state index is 13.0. The molecule has 0 unspecified atom stereocenters. The van der Waals surface area contributed by atoms with E-state index in [1.165, 1.54) is 41.5 Å². The van der Waals surface area contributed by atoms with E-state index in [1.807, 2.05) is 0 Å². The first-order chi connectivity index (χ1) is 19.1. The minimum atomic E-state index is -1.33. The number of anilines is 1. The topological polar surface area (TPSA) is 232 Å². The molecule has 0 aromatic carbocycles. The maximum Gasteiger partial charge on any atom is 0.427 e. The monoisotopic (exact) mass is 609 g/mol. The molecular formula is C20H19N9O8S3. The van der Waals surface area contributed by atoms with Crippen LogP contribution in [-0.2, 0) is 24.0 Å². The SMILES string of the molecule is CON=C(C(=O)N[C@@H]1C(=O)N2C(C(=O)O)=C(CSC3=CC(=O)NC4=CN(C(=O)O)NN43)CS[C@H]12)c1csc(N)n1. The highest BCUT2D eigenvalue weighted by atomic mass is 32.2. The summed E-state index contributed by atoms with van der Waals surface area (Å²) in [5.41, 5.74) is 8.37. The van der Waals surface area contributed by atoms with Crippen molar-refractivity contribution >= 4 is 75.5 Å². The van der Waals surface area contributed by atoms with Crippen molar-refractivity contribution in [3.8, 4) is 0 Å². The Morgan fingerprint density at radius 3 is 2.77 bits per heavy atom. The number of aromatic nitrogens is 1. The van der Waals surface area contributed by atoms with E-state index in [0.717, 1.165) is 33.0 Å². The normalized spacial score (nSPS) is 22.1. The van der Waals surface area contributed by atoms with Gasteiger partial charge in [0.1, 0.15) is 40.8 Å². The molecule has 20 heteroatoms. The Kier molecular flexibility index (Phi) is 7.31. The van der Waals surface area contributed by atoms with Crippen molar-refractivity contribution in [3.05, 3.63) is 45.5 Å². The van der Waals surface area contributed by atoms with Crippen molar-refractivity contribution in [3.63, 3.8) is 0 Å². The number of carbonyl (C=O) groups is 5. The van der Waals surface area contributed by atoms with Gasteiger partial charge in [0.2, 0.25) is 0 Å². The summed E-state index contributed by atoms with van der Waals surface area (Å²) in [7, 11) is 1.24. The van der Waals surface area contributed by atoms with Gasteiger partial charge in [-0.2, -0.15) is 5.01 Å². The number of fused-ring (bicyclic) bond motifs is 2. The maximum absolute atomic E-state index is 13.0. The highest BCUT2D eigenvalue weighted by molar-refractivity contribution is 8.03. The Balaban J connectivity index is 1.30. The van der Waals surface area contributed by atoms with E-state index < -0.39 is 41.2 Å². The Hall–Kier alpha value is -4.27. The van der Waals surface area contributed by atoms with Crippen LogP contribution in [0.4, 0.5) is 9.93 Å². The van der Waals surface area contributed by atoms with Crippen molar-refractivity contribution in [2.75, 3.05) is 24.3 Å². The van der Waals surface area contributed by atoms with Crippen LogP contribution in [0.5, 0.6) is 0 Å². The average molecular weight is 610 g/mol. The standard InChI is InChI=1S/C20H19N9O8S3/c1-37-25-12(8-6-40-19(21)22-8)15(31)24-13-16(32)28-14(18(33)34)7(5-39-17(13)28)4-38-11-2-10(30)23-9-3-27(20(35)36)26-29(9)11/h2-3,6,13,17,26H,4-5H2,1H3,(H2,21,22)(H,23,30)(H,24,31)(H,33,34)(H,35,36)/t13-,17-/m1/s1. The Morgan fingerprint density at radius 1 is 1.35 bits per heavy atom. The van der Waals surface area contributed by atoms with Crippen LogP contribution in [0.2, 0.25) is 0 Å². The number of hydrazine groups is 2. The third-order valence-electron chi connectivity index (χ3n) is 5.73. The number of oxime groups is 1. The van der Waals surface area contributed by atoms with Crippen LogP contribution in [0.3, 0.4) is 0 Å². The summed E-state index contributed by atoms with van der Waals surface area (Å²) >= 11 is 3.43. The fourth-order valence-corrected chi connectivity index (χ4v) is 7.07. The van der Waals surface area contributed by atoms with Crippen LogP contribution >= 0.6 is 34.9 Å². The number of amides is 4. The minimum absolute atomic E-state index is 0.0791. The summed E-state index contributed by atoms with van der Waals surface area (Å²) in [5.74, 6) is -2.71. The summed E-state index contributed by atoms with van der Waals surface area (Å²) in [5, 5.41) is 31.4. The van der Waals surface area contributed by atoms with Crippen molar-refractivity contribution in [2.24, 2.45) is 5.16 Å². The number of thiazole rings is 1. The van der Waals surface area contributed by atoms with E-state index in [0.29, 0.717) is 10.6 Å². The minimum Gasteiger partial charge on any atom is -0.477 e. The first kappa shape index (κ1) is 27.3. The molecule has 210 valence electrons. The third-order valence-corrected chi connectivity index (χ3v) is 8.83. The Morgan fingerprint density at radius 2 is 2.12 bits per heavy atom.